The number of benzene rings is 1. The molecule has 0 unspecified atom stereocenters. The minimum Gasteiger partial charge on any atom is -0.395 e. The predicted octanol–water partition coefficient (Wildman–Crippen LogP) is 3.24. The molecule has 0 saturated heterocycles. The van der Waals surface area contributed by atoms with Crippen LogP contribution >= 0.6 is 11.8 Å². The molecule has 2 amide bonds. The van der Waals surface area contributed by atoms with Gasteiger partial charge in [0.2, 0.25) is 0 Å². The quantitative estimate of drug-likeness (QED) is 0.760. The first-order valence-electron chi connectivity index (χ1n) is 6.29. The Balaban J connectivity index is 2.78. The molecule has 112 valence electrons. The number of para-hydroxylation sites is 1. The number of amides is 2. The fraction of sp³-hybridized carbons (Fsp3) is 0.462. The molecule has 0 aliphatic carbocycles. The smallest absolute Gasteiger partial charge is 0.321 e. The van der Waals surface area contributed by atoms with Crippen molar-refractivity contribution in [2.75, 3.05) is 25.0 Å². The Labute approximate surface area is 121 Å². The van der Waals surface area contributed by atoms with Crippen LogP contribution in [0.1, 0.15) is 13.3 Å². The van der Waals surface area contributed by atoms with E-state index in [4.69, 9.17) is 5.11 Å². The third-order valence-electron chi connectivity index (χ3n) is 2.50. The van der Waals surface area contributed by atoms with E-state index in [0.717, 1.165) is 6.42 Å². The number of rotatable bonds is 7. The lowest BCUT2D eigenvalue weighted by atomic mass is 10.3. The van der Waals surface area contributed by atoms with E-state index in [9.17, 15) is 13.6 Å². The predicted molar refractivity (Wildman–Crippen MR) is 76.3 cm³/mol. The third-order valence-corrected chi connectivity index (χ3v) is 3.28. The zero-order chi connectivity index (χ0) is 15.0. The zero-order valence-electron chi connectivity index (χ0n) is 11.2. The monoisotopic (exact) mass is 304 g/mol. The van der Waals surface area contributed by atoms with Crippen LogP contribution < -0.4 is 5.32 Å². The number of carbonyl (C=O) groups is 1. The van der Waals surface area contributed by atoms with Crippen LogP contribution in [0, 0.1) is 0 Å². The van der Waals surface area contributed by atoms with Gasteiger partial charge in [0.25, 0.3) is 5.76 Å². The van der Waals surface area contributed by atoms with Crippen molar-refractivity contribution in [3.63, 3.8) is 0 Å². The van der Waals surface area contributed by atoms with Gasteiger partial charge in [-0.3, -0.25) is 0 Å². The fourth-order valence-corrected chi connectivity index (χ4v) is 2.26. The van der Waals surface area contributed by atoms with Gasteiger partial charge in [-0.1, -0.05) is 30.8 Å². The van der Waals surface area contributed by atoms with Crippen molar-refractivity contribution >= 4 is 23.5 Å². The molecular formula is C13H18F2N2O2S. The number of halogens is 2. The highest BCUT2D eigenvalue weighted by atomic mass is 32.2. The summed E-state index contributed by atoms with van der Waals surface area (Å²) in [7, 11) is 0. The van der Waals surface area contributed by atoms with Crippen molar-refractivity contribution in [1.82, 2.24) is 4.90 Å². The van der Waals surface area contributed by atoms with Gasteiger partial charge in [-0.15, -0.1) is 0 Å². The first kappa shape index (κ1) is 16.7. The number of hydrogen-bond acceptors (Lipinski definition) is 3. The average Bonchev–Trinajstić information content (AvgIpc) is 2.40. The average molecular weight is 304 g/mol. The van der Waals surface area contributed by atoms with Crippen LogP contribution in [0.3, 0.4) is 0 Å². The van der Waals surface area contributed by atoms with Crippen molar-refractivity contribution in [3.05, 3.63) is 24.3 Å². The lowest BCUT2D eigenvalue weighted by Gasteiger charge is -2.22. The van der Waals surface area contributed by atoms with Crippen LogP contribution in [0.2, 0.25) is 0 Å². The Kier molecular flexibility index (Phi) is 7.32. The number of carbonyl (C=O) groups excluding carboxylic acids is 1. The number of aliphatic hydroxyl groups is 1. The molecule has 1 aromatic carbocycles. The maximum absolute atomic E-state index is 12.4. The lowest BCUT2D eigenvalue weighted by molar-refractivity contribution is 0.188. The highest BCUT2D eigenvalue weighted by Crippen LogP contribution is 2.31. The number of aliphatic hydroxyl groups excluding tert-OH is 1. The number of anilines is 1. The van der Waals surface area contributed by atoms with Gasteiger partial charge in [0, 0.05) is 18.0 Å². The first-order chi connectivity index (χ1) is 9.58. The zero-order valence-corrected chi connectivity index (χ0v) is 12.0. The molecule has 0 radical (unpaired) electrons. The number of hydrogen-bond donors (Lipinski definition) is 2. The summed E-state index contributed by atoms with van der Waals surface area (Å²) in [5, 5.41) is 11.5. The summed E-state index contributed by atoms with van der Waals surface area (Å²) in [6.45, 7) is 2.49. The summed E-state index contributed by atoms with van der Waals surface area (Å²) in [6, 6.07) is 6.01. The number of alkyl halides is 2. The Morgan fingerprint density at radius 1 is 1.40 bits per heavy atom. The van der Waals surface area contributed by atoms with Crippen molar-refractivity contribution in [2.45, 2.75) is 24.0 Å². The summed E-state index contributed by atoms with van der Waals surface area (Å²) in [5.74, 6) is -2.54. The van der Waals surface area contributed by atoms with E-state index in [2.05, 4.69) is 5.32 Å². The molecule has 0 fully saturated rings. The van der Waals surface area contributed by atoms with Gasteiger partial charge in [-0.05, 0) is 18.6 Å². The van der Waals surface area contributed by atoms with Crippen LogP contribution in [0.5, 0.6) is 0 Å². The maximum atomic E-state index is 12.4. The molecule has 7 heteroatoms. The molecular weight excluding hydrogens is 286 g/mol. The van der Waals surface area contributed by atoms with Crippen molar-refractivity contribution < 1.29 is 18.7 Å². The molecule has 0 heterocycles. The third kappa shape index (κ3) is 5.34. The molecule has 0 aromatic heterocycles. The van der Waals surface area contributed by atoms with E-state index in [0.29, 0.717) is 28.9 Å². The standard InChI is InChI=1S/C13H18F2N2O2S/c1-2-7-17(8-9-18)13(19)16-10-5-3-4-6-11(10)20-12(14)15/h3-6,12,18H,2,7-9H2,1H3,(H,16,19). The number of nitrogens with zero attached hydrogens (tertiary/aromatic N) is 1. The molecule has 0 aliphatic heterocycles. The van der Waals surface area contributed by atoms with Gasteiger partial charge in [0.15, 0.2) is 0 Å². The van der Waals surface area contributed by atoms with Gasteiger partial charge in [0.1, 0.15) is 0 Å². The van der Waals surface area contributed by atoms with Crippen molar-refractivity contribution in [2.24, 2.45) is 0 Å². The molecule has 0 spiro atoms. The normalized spacial score (nSPS) is 10.7. The minimum atomic E-state index is -2.54. The molecule has 0 atom stereocenters. The van der Waals surface area contributed by atoms with Crippen molar-refractivity contribution in [1.29, 1.82) is 0 Å². The van der Waals surface area contributed by atoms with E-state index in [-0.39, 0.29) is 13.2 Å². The van der Waals surface area contributed by atoms with E-state index >= 15 is 0 Å². The van der Waals surface area contributed by atoms with Crippen LogP contribution in [0.15, 0.2) is 29.2 Å². The second-order valence-electron chi connectivity index (χ2n) is 4.02. The maximum Gasteiger partial charge on any atom is 0.321 e. The second kappa shape index (κ2) is 8.76. The van der Waals surface area contributed by atoms with Crippen LogP contribution in [-0.2, 0) is 0 Å². The summed E-state index contributed by atoms with van der Waals surface area (Å²) in [6.07, 6.45) is 0.751. The van der Waals surface area contributed by atoms with Crippen LogP contribution in [0.4, 0.5) is 19.3 Å². The van der Waals surface area contributed by atoms with Gasteiger partial charge in [0.05, 0.1) is 12.3 Å². The van der Waals surface area contributed by atoms with Crippen LogP contribution in [-0.4, -0.2) is 41.5 Å². The summed E-state index contributed by atoms with van der Waals surface area (Å²) >= 11 is 0.390. The lowest BCUT2D eigenvalue weighted by Crippen LogP contribution is -2.37. The molecule has 0 aliphatic rings. The molecule has 4 nitrogen and oxygen atoms in total. The van der Waals surface area contributed by atoms with Gasteiger partial charge < -0.3 is 15.3 Å². The van der Waals surface area contributed by atoms with E-state index in [1.165, 1.54) is 11.0 Å². The Bertz CT molecular complexity index is 427. The Morgan fingerprint density at radius 2 is 2.10 bits per heavy atom. The second-order valence-corrected chi connectivity index (χ2v) is 5.05. The van der Waals surface area contributed by atoms with E-state index in [1.54, 1.807) is 18.2 Å². The van der Waals surface area contributed by atoms with E-state index < -0.39 is 11.8 Å². The summed E-state index contributed by atoms with van der Waals surface area (Å²) < 4.78 is 24.9. The molecule has 0 saturated carbocycles. The Hall–Kier alpha value is -1.34. The SMILES string of the molecule is CCCN(CCO)C(=O)Nc1ccccc1SC(F)F. The number of thioether (sulfide) groups is 1. The molecule has 1 rings (SSSR count). The number of urea groups is 1. The van der Waals surface area contributed by atoms with Crippen molar-refractivity contribution in [3.8, 4) is 0 Å². The summed E-state index contributed by atoms with van der Waals surface area (Å²) in [4.78, 5) is 13.8. The molecule has 1 aromatic rings. The Morgan fingerprint density at radius 3 is 2.70 bits per heavy atom. The van der Waals surface area contributed by atoms with Gasteiger partial charge >= 0.3 is 6.03 Å². The first-order valence-corrected chi connectivity index (χ1v) is 7.17. The highest BCUT2D eigenvalue weighted by Gasteiger charge is 2.15. The van der Waals surface area contributed by atoms with Gasteiger partial charge in [-0.2, -0.15) is 8.78 Å². The minimum absolute atomic E-state index is 0.138. The number of nitrogens with one attached hydrogen (secondary N) is 1. The molecule has 0 bridgehead atoms. The van der Waals surface area contributed by atoms with Gasteiger partial charge in [-0.25, -0.2) is 4.79 Å². The van der Waals surface area contributed by atoms with E-state index in [1.807, 2.05) is 6.92 Å². The highest BCUT2D eigenvalue weighted by molar-refractivity contribution is 7.99. The topological polar surface area (TPSA) is 52.6 Å². The summed E-state index contributed by atoms with van der Waals surface area (Å²) in [5.41, 5.74) is 0.349. The fourth-order valence-electron chi connectivity index (χ4n) is 1.67. The largest absolute Gasteiger partial charge is 0.395 e. The van der Waals surface area contributed by atoms with Crippen LogP contribution in [0.25, 0.3) is 0 Å². The molecule has 20 heavy (non-hydrogen) atoms. The molecule has 2 N–H and O–H groups in total.